The minimum Gasteiger partial charge on any atom is -0.444 e. The van der Waals surface area contributed by atoms with Gasteiger partial charge in [0.1, 0.15) is 12.0 Å². The van der Waals surface area contributed by atoms with E-state index in [0.717, 1.165) is 49.7 Å². The highest BCUT2D eigenvalue weighted by Gasteiger charge is 2.07. The number of nitrogens with zero attached hydrogens (tertiary/aromatic N) is 3. The predicted molar refractivity (Wildman–Crippen MR) is 135 cm³/mol. The van der Waals surface area contributed by atoms with E-state index in [2.05, 4.69) is 27.5 Å². The Bertz CT molecular complexity index is 1010. The van der Waals surface area contributed by atoms with E-state index in [1.54, 1.807) is 23.0 Å². The quantitative estimate of drug-likeness (QED) is 0.188. The number of benzene rings is 1. The van der Waals surface area contributed by atoms with Crippen LogP contribution >= 0.6 is 24.0 Å². The first kappa shape index (κ1) is 24.6. The molecule has 31 heavy (non-hydrogen) atoms. The van der Waals surface area contributed by atoms with Crippen molar-refractivity contribution in [3.05, 3.63) is 76.5 Å². The van der Waals surface area contributed by atoms with Crippen LogP contribution in [0.1, 0.15) is 31.0 Å². The summed E-state index contributed by atoms with van der Waals surface area (Å²) in [6.07, 6.45) is 5.33. The minimum atomic E-state index is 0. The zero-order valence-electron chi connectivity index (χ0n) is 18.0. The molecule has 3 rings (SSSR count). The molecule has 2 aromatic heterocycles. The molecule has 0 unspecified atom stereocenters. The number of nitrogens with one attached hydrogen (secondary N) is 2. The molecule has 0 saturated carbocycles. The maximum Gasteiger partial charge on any atom is 0.250 e. The van der Waals surface area contributed by atoms with Gasteiger partial charge in [-0.25, -0.2) is 9.98 Å². The van der Waals surface area contributed by atoms with Gasteiger partial charge in [0.05, 0.1) is 6.54 Å². The Morgan fingerprint density at radius 1 is 1.13 bits per heavy atom. The van der Waals surface area contributed by atoms with Crippen LogP contribution in [-0.2, 0) is 13.1 Å². The fourth-order valence-electron chi connectivity index (χ4n) is 2.97. The molecule has 1 aromatic carbocycles. The number of rotatable bonds is 9. The Kier molecular flexibility index (Phi) is 10.3. The van der Waals surface area contributed by atoms with Crippen molar-refractivity contribution in [2.24, 2.45) is 4.99 Å². The molecule has 2 N–H and O–H groups in total. The SMILES string of the molecule is CCNC(=NCc1coc(-c2ccc(C)cc2)n1)NCCCCn1ccccc1=O.I. The molecule has 0 amide bonds. The highest BCUT2D eigenvalue weighted by atomic mass is 127. The number of oxazole rings is 1. The Morgan fingerprint density at radius 3 is 2.68 bits per heavy atom. The highest BCUT2D eigenvalue weighted by Crippen LogP contribution is 2.19. The van der Waals surface area contributed by atoms with Gasteiger partial charge in [0.2, 0.25) is 11.4 Å². The molecule has 0 atom stereocenters. The number of halogens is 1. The summed E-state index contributed by atoms with van der Waals surface area (Å²) in [5, 5.41) is 6.57. The molecule has 0 aliphatic carbocycles. The number of aliphatic imine (C=N–C) groups is 1. The largest absolute Gasteiger partial charge is 0.444 e. The smallest absolute Gasteiger partial charge is 0.250 e. The van der Waals surface area contributed by atoms with Gasteiger partial charge in [-0.3, -0.25) is 4.79 Å². The van der Waals surface area contributed by atoms with Crippen molar-refractivity contribution >= 4 is 29.9 Å². The van der Waals surface area contributed by atoms with E-state index in [9.17, 15) is 4.79 Å². The van der Waals surface area contributed by atoms with E-state index >= 15 is 0 Å². The number of hydrogen-bond donors (Lipinski definition) is 2. The third-order valence-corrected chi connectivity index (χ3v) is 4.61. The number of aromatic nitrogens is 2. The number of guanidine groups is 1. The molecule has 0 spiro atoms. The summed E-state index contributed by atoms with van der Waals surface area (Å²) in [7, 11) is 0. The fourth-order valence-corrected chi connectivity index (χ4v) is 2.97. The standard InChI is InChI=1S/C23H29N5O2.HI/c1-3-24-23(25-13-5-7-15-28-14-6-4-8-21(28)29)26-16-20-17-30-22(27-20)19-11-9-18(2)10-12-19;/h4,6,8-12,14,17H,3,5,7,13,15-16H2,1-2H3,(H2,24,25,26);1H. The second kappa shape index (κ2) is 12.9. The molecule has 166 valence electrons. The first-order valence-corrected chi connectivity index (χ1v) is 10.3. The van der Waals surface area contributed by atoms with Gasteiger partial charge in [0.15, 0.2) is 5.96 Å². The summed E-state index contributed by atoms with van der Waals surface area (Å²) < 4.78 is 7.33. The summed E-state index contributed by atoms with van der Waals surface area (Å²) in [6, 6.07) is 13.3. The Hall–Kier alpha value is -2.62. The van der Waals surface area contributed by atoms with Crippen LogP contribution in [0.4, 0.5) is 0 Å². The van der Waals surface area contributed by atoms with Crippen LogP contribution in [0.2, 0.25) is 0 Å². The van der Waals surface area contributed by atoms with Gasteiger partial charge < -0.3 is 19.6 Å². The summed E-state index contributed by atoms with van der Waals surface area (Å²) in [5.74, 6) is 1.35. The molecule has 0 bridgehead atoms. The van der Waals surface area contributed by atoms with Gasteiger partial charge in [-0.2, -0.15) is 0 Å². The van der Waals surface area contributed by atoms with Crippen LogP contribution < -0.4 is 16.2 Å². The summed E-state index contributed by atoms with van der Waals surface area (Å²) in [6.45, 7) is 6.79. The Balaban J connectivity index is 0.00000341. The van der Waals surface area contributed by atoms with Crippen molar-refractivity contribution in [2.75, 3.05) is 13.1 Å². The molecule has 0 radical (unpaired) electrons. The zero-order chi connectivity index (χ0) is 21.2. The first-order chi connectivity index (χ1) is 14.7. The van der Waals surface area contributed by atoms with Gasteiger partial charge in [-0.05, 0) is 44.9 Å². The van der Waals surface area contributed by atoms with Crippen LogP contribution in [0.15, 0.2) is 69.1 Å². The third kappa shape index (κ3) is 7.86. The van der Waals surface area contributed by atoms with E-state index < -0.39 is 0 Å². The maximum absolute atomic E-state index is 11.7. The van der Waals surface area contributed by atoms with Crippen molar-refractivity contribution in [1.82, 2.24) is 20.2 Å². The molecule has 0 aliphatic heterocycles. The molecular weight excluding hydrogens is 505 g/mol. The number of pyridine rings is 1. The monoisotopic (exact) mass is 535 g/mol. The van der Waals surface area contributed by atoms with E-state index in [1.807, 2.05) is 43.5 Å². The van der Waals surface area contributed by atoms with E-state index in [0.29, 0.717) is 12.4 Å². The lowest BCUT2D eigenvalue weighted by atomic mass is 10.1. The normalized spacial score (nSPS) is 11.1. The molecule has 3 aromatic rings. The first-order valence-electron chi connectivity index (χ1n) is 10.3. The molecular formula is C23H30IN5O2. The Morgan fingerprint density at radius 2 is 1.94 bits per heavy atom. The molecule has 8 heteroatoms. The van der Waals surface area contributed by atoms with Crippen LogP contribution in [0.25, 0.3) is 11.5 Å². The van der Waals surface area contributed by atoms with Gasteiger partial charge in [-0.1, -0.05) is 23.8 Å². The van der Waals surface area contributed by atoms with Crippen molar-refractivity contribution in [2.45, 2.75) is 39.8 Å². The van der Waals surface area contributed by atoms with Crippen LogP contribution in [0.3, 0.4) is 0 Å². The van der Waals surface area contributed by atoms with Crippen LogP contribution in [-0.4, -0.2) is 28.6 Å². The van der Waals surface area contributed by atoms with Gasteiger partial charge in [-0.15, -0.1) is 24.0 Å². The van der Waals surface area contributed by atoms with Gasteiger partial charge in [0.25, 0.3) is 0 Å². The summed E-state index contributed by atoms with van der Waals surface area (Å²) >= 11 is 0. The molecule has 2 heterocycles. The van der Waals surface area contributed by atoms with Crippen LogP contribution in [0, 0.1) is 6.92 Å². The number of aryl methyl sites for hydroxylation is 2. The van der Waals surface area contributed by atoms with Crippen LogP contribution in [0.5, 0.6) is 0 Å². The van der Waals surface area contributed by atoms with Crippen molar-refractivity contribution < 1.29 is 4.42 Å². The van der Waals surface area contributed by atoms with Gasteiger partial charge in [0, 0.05) is 37.5 Å². The Labute approximate surface area is 200 Å². The molecule has 0 aliphatic rings. The highest BCUT2D eigenvalue weighted by molar-refractivity contribution is 14.0. The van der Waals surface area contributed by atoms with Crippen molar-refractivity contribution in [3.63, 3.8) is 0 Å². The number of hydrogen-bond acceptors (Lipinski definition) is 4. The lowest BCUT2D eigenvalue weighted by Crippen LogP contribution is -2.37. The minimum absolute atomic E-state index is 0. The molecule has 7 nitrogen and oxygen atoms in total. The predicted octanol–water partition coefficient (Wildman–Crippen LogP) is 3.97. The zero-order valence-corrected chi connectivity index (χ0v) is 20.3. The molecule has 0 saturated heterocycles. The maximum atomic E-state index is 11.7. The second-order valence-electron chi connectivity index (χ2n) is 7.07. The average Bonchev–Trinajstić information content (AvgIpc) is 3.22. The lowest BCUT2D eigenvalue weighted by molar-refractivity contribution is 0.572. The molecule has 0 fully saturated rings. The third-order valence-electron chi connectivity index (χ3n) is 4.61. The fraction of sp³-hybridized carbons (Fsp3) is 0.348. The van der Waals surface area contributed by atoms with E-state index in [1.165, 1.54) is 5.56 Å². The number of unbranched alkanes of at least 4 members (excludes halogenated alkanes) is 1. The summed E-state index contributed by atoms with van der Waals surface area (Å²) in [5.41, 5.74) is 2.98. The lowest BCUT2D eigenvalue weighted by Gasteiger charge is -2.11. The van der Waals surface area contributed by atoms with Crippen molar-refractivity contribution in [3.8, 4) is 11.5 Å². The van der Waals surface area contributed by atoms with E-state index in [-0.39, 0.29) is 29.5 Å². The van der Waals surface area contributed by atoms with Gasteiger partial charge >= 0.3 is 0 Å². The average molecular weight is 535 g/mol. The van der Waals surface area contributed by atoms with Crippen molar-refractivity contribution in [1.29, 1.82) is 0 Å². The summed E-state index contributed by atoms with van der Waals surface area (Å²) in [4.78, 5) is 20.8. The van der Waals surface area contributed by atoms with E-state index in [4.69, 9.17) is 4.42 Å². The topological polar surface area (TPSA) is 84.4 Å². The second-order valence-corrected chi connectivity index (χ2v) is 7.07.